The van der Waals surface area contributed by atoms with Crippen LogP contribution in [0.2, 0.25) is 0 Å². The Morgan fingerprint density at radius 1 is 1.30 bits per heavy atom. The average molecular weight is 145 g/mol. The molecule has 2 N–H and O–H groups in total. The summed E-state index contributed by atoms with van der Waals surface area (Å²) in [6.07, 6.45) is 2.16. The van der Waals surface area contributed by atoms with Gasteiger partial charge < -0.3 is 10.5 Å². The highest BCUT2D eigenvalue weighted by Crippen LogP contribution is 2.09. The molecule has 0 saturated carbocycles. The van der Waals surface area contributed by atoms with E-state index in [1.54, 1.807) is 7.11 Å². The van der Waals surface area contributed by atoms with Crippen molar-refractivity contribution in [2.24, 2.45) is 11.7 Å². The van der Waals surface area contributed by atoms with E-state index in [-0.39, 0.29) is 0 Å². The average Bonchev–Trinajstić information content (AvgIpc) is 1.99. The maximum atomic E-state index is 5.83. The Hall–Kier alpha value is -0.0800. The van der Waals surface area contributed by atoms with Gasteiger partial charge in [-0.15, -0.1) is 0 Å². The van der Waals surface area contributed by atoms with Gasteiger partial charge in [0.25, 0.3) is 0 Å². The van der Waals surface area contributed by atoms with E-state index < -0.39 is 0 Å². The molecule has 0 aliphatic carbocycles. The van der Waals surface area contributed by atoms with Gasteiger partial charge in [-0.05, 0) is 18.8 Å². The van der Waals surface area contributed by atoms with Crippen LogP contribution >= 0.6 is 0 Å². The Morgan fingerprint density at radius 3 is 2.20 bits per heavy atom. The van der Waals surface area contributed by atoms with E-state index in [4.69, 9.17) is 10.5 Å². The first-order chi connectivity index (χ1) is 4.76. The lowest BCUT2D eigenvalue weighted by molar-refractivity contribution is 0.135. The van der Waals surface area contributed by atoms with Crippen molar-refractivity contribution in [1.82, 2.24) is 0 Å². The number of nitrogens with two attached hydrogens (primary N) is 1. The normalized spacial score (nSPS) is 16.8. The van der Waals surface area contributed by atoms with Gasteiger partial charge in [-0.25, -0.2) is 0 Å². The zero-order chi connectivity index (χ0) is 7.98. The molecule has 10 heavy (non-hydrogen) atoms. The molecule has 2 unspecified atom stereocenters. The van der Waals surface area contributed by atoms with Crippen LogP contribution in [0.3, 0.4) is 0 Å². The van der Waals surface area contributed by atoms with Gasteiger partial charge in [0.15, 0.2) is 0 Å². The Bertz CT molecular complexity index is 75.7. The molecule has 0 spiro atoms. The summed E-state index contributed by atoms with van der Waals surface area (Å²) in [5.74, 6) is 0.537. The van der Waals surface area contributed by atoms with Crippen molar-refractivity contribution < 1.29 is 4.74 Å². The molecule has 0 heterocycles. The summed E-state index contributed by atoms with van der Waals surface area (Å²) < 4.78 is 5.04. The standard InChI is InChI=1S/C8H19NO/c1-4-7(6-10-3)8(9)5-2/h7-8H,4-6,9H2,1-3H3. The summed E-state index contributed by atoms with van der Waals surface area (Å²) in [6.45, 7) is 5.06. The molecule has 0 aromatic rings. The fourth-order valence-electron chi connectivity index (χ4n) is 1.09. The summed E-state index contributed by atoms with van der Waals surface area (Å²) in [7, 11) is 1.73. The highest BCUT2D eigenvalue weighted by molar-refractivity contribution is 4.69. The highest BCUT2D eigenvalue weighted by Gasteiger charge is 2.12. The molecule has 0 aliphatic heterocycles. The van der Waals surface area contributed by atoms with Crippen molar-refractivity contribution in [3.05, 3.63) is 0 Å². The second kappa shape index (κ2) is 5.69. The van der Waals surface area contributed by atoms with Crippen LogP contribution in [0.1, 0.15) is 26.7 Å². The Labute approximate surface area is 63.7 Å². The second-order valence-electron chi connectivity index (χ2n) is 2.70. The lowest BCUT2D eigenvalue weighted by Gasteiger charge is -2.19. The zero-order valence-corrected chi connectivity index (χ0v) is 7.26. The quantitative estimate of drug-likeness (QED) is 0.634. The van der Waals surface area contributed by atoms with Gasteiger partial charge in [0.1, 0.15) is 0 Å². The van der Waals surface area contributed by atoms with E-state index in [9.17, 15) is 0 Å². The maximum absolute atomic E-state index is 5.83. The summed E-state index contributed by atoms with van der Waals surface area (Å²) >= 11 is 0. The lowest BCUT2D eigenvalue weighted by atomic mass is 9.97. The van der Waals surface area contributed by atoms with Crippen LogP contribution in [0.4, 0.5) is 0 Å². The van der Waals surface area contributed by atoms with E-state index in [0.29, 0.717) is 12.0 Å². The molecule has 2 nitrogen and oxygen atoms in total. The van der Waals surface area contributed by atoms with E-state index in [0.717, 1.165) is 19.4 Å². The second-order valence-corrected chi connectivity index (χ2v) is 2.70. The lowest BCUT2D eigenvalue weighted by Crippen LogP contribution is -2.31. The van der Waals surface area contributed by atoms with Gasteiger partial charge >= 0.3 is 0 Å². The van der Waals surface area contributed by atoms with Crippen LogP contribution in [0.5, 0.6) is 0 Å². The SMILES string of the molecule is CCC(N)C(CC)COC. The van der Waals surface area contributed by atoms with Crippen LogP contribution < -0.4 is 5.73 Å². The molecule has 0 radical (unpaired) electrons. The van der Waals surface area contributed by atoms with Crippen molar-refractivity contribution in [3.8, 4) is 0 Å². The van der Waals surface area contributed by atoms with Crippen LogP contribution in [0.25, 0.3) is 0 Å². The van der Waals surface area contributed by atoms with Crippen molar-refractivity contribution >= 4 is 0 Å². The largest absolute Gasteiger partial charge is 0.384 e. The Balaban J connectivity index is 3.56. The first-order valence-electron chi connectivity index (χ1n) is 4.00. The fraction of sp³-hybridized carbons (Fsp3) is 1.00. The Morgan fingerprint density at radius 2 is 1.90 bits per heavy atom. The van der Waals surface area contributed by atoms with Gasteiger partial charge in [0.2, 0.25) is 0 Å². The zero-order valence-electron chi connectivity index (χ0n) is 7.26. The van der Waals surface area contributed by atoms with E-state index in [1.165, 1.54) is 0 Å². The highest BCUT2D eigenvalue weighted by atomic mass is 16.5. The van der Waals surface area contributed by atoms with Gasteiger partial charge in [0.05, 0.1) is 6.61 Å². The number of hydrogen-bond donors (Lipinski definition) is 1. The van der Waals surface area contributed by atoms with Crippen LogP contribution in [0, 0.1) is 5.92 Å². The van der Waals surface area contributed by atoms with E-state index in [1.807, 2.05) is 0 Å². The molecule has 2 heteroatoms. The number of methoxy groups -OCH3 is 1. The van der Waals surface area contributed by atoms with Crippen molar-refractivity contribution in [3.63, 3.8) is 0 Å². The summed E-state index contributed by atoms with van der Waals surface area (Å²) in [6, 6.07) is 0.310. The fourth-order valence-corrected chi connectivity index (χ4v) is 1.09. The minimum absolute atomic E-state index is 0.310. The molecular formula is C8H19NO. The molecule has 0 aromatic carbocycles. The minimum Gasteiger partial charge on any atom is -0.384 e. The van der Waals surface area contributed by atoms with E-state index >= 15 is 0 Å². The van der Waals surface area contributed by atoms with Crippen molar-refractivity contribution in [2.75, 3.05) is 13.7 Å². The topological polar surface area (TPSA) is 35.2 Å². The summed E-state index contributed by atoms with van der Waals surface area (Å²) in [5.41, 5.74) is 5.83. The predicted molar refractivity (Wildman–Crippen MR) is 43.9 cm³/mol. The first kappa shape index (κ1) is 9.92. The molecule has 0 rings (SSSR count). The van der Waals surface area contributed by atoms with Gasteiger partial charge in [0, 0.05) is 13.2 Å². The number of ether oxygens (including phenoxy) is 1. The molecule has 0 bridgehead atoms. The number of rotatable bonds is 5. The molecular weight excluding hydrogens is 126 g/mol. The smallest absolute Gasteiger partial charge is 0.0505 e. The van der Waals surface area contributed by atoms with Crippen LogP contribution in [0.15, 0.2) is 0 Å². The van der Waals surface area contributed by atoms with Gasteiger partial charge in [-0.2, -0.15) is 0 Å². The van der Waals surface area contributed by atoms with E-state index in [2.05, 4.69) is 13.8 Å². The van der Waals surface area contributed by atoms with Gasteiger partial charge in [-0.1, -0.05) is 13.8 Å². The van der Waals surface area contributed by atoms with Crippen molar-refractivity contribution in [2.45, 2.75) is 32.7 Å². The first-order valence-corrected chi connectivity index (χ1v) is 4.00. The van der Waals surface area contributed by atoms with Crippen LogP contribution in [-0.2, 0) is 4.74 Å². The molecule has 62 valence electrons. The van der Waals surface area contributed by atoms with Gasteiger partial charge in [-0.3, -0.25) is 0 Å². The molecule has 0 fully saturated rings. The molecule has 0 amide bonds. The minimum atomic E-state index is 0.310. The molecule has 0 aliphatic rings. The molecule has 0 aromatic heterocycles. The Kier molecular flexibility index (Phi) is 5.64. The monoisotopic (exact) mass is 145 g/mol. The molecule has 0 saturated heterocycles. The summed E-state index contributed by atoms with van der Waals surface area (Å²) in [4.78, 5) is 0. The third kappa shape index (κ3) is 3.18. The van der Waals surface area contributed by atoms with Crippen molar-refractivity contribution in [1.29, 1.82) is 0 Å². The number of hydrogen-bond acceptors (Lipinski definition) is 2. The summed E-state index contributed by atoms with van der Waals surface area (Å²) in [5, 5.41) is 0. The van der Waals surface area contributed by atoms with Crippen LogP contribution in [-0.4, -0.2) is 19.8 Å². The third-order valence-electron chi connectivity index (χ3n) is 1.98. The predicted octanol–water partition coefficient (Wildman–Crippen LogP) is 1.40. The molecule has 2 atom stereocenters. The third-order valence-corrected chi connectivity index (χ3v) is 1.98. The maximum Gasteiger partial charge on any atom is 0.0505 e.